The molecule has 1 aromatic carbocycles. The lowest BCUT2D eigenvalue weighted by molar-refractivity contribution is 0.358. The monoisotopic (exact) mass is 319 g/mol. The molecule has 96 valence electrons. The molecule has 0 amide bonds. The molecule has 0 fully saturated rings. The van der Waals surface area contributed by atoms with E-state index in [0.717, 1.165) is 34.4 Å². The predicted octanol–water partition coefficient (Wildman–Crippen LogP) is 2.43. The summed E-state index contributed by atoms with van der Waals surface area (Å²) in [6.07, 6.45) is 1.84. The highest BCUT2D eigenvalue weighted by atomic mass is 79.9. The molecule has 0 aliphatic heterocycles. The molecule has 3 N–H and O–H groups in total. The van der Waals surface area contributed by atoms with Crippen molar-refractivity contribution >= 4 is 27.5 Å². The molecule has 17 heavy (non-hydrogen) atoms. The molecule has 5 heteroatoms. The fraction of sp³-hybridized carbons (Fsp3) is 0.500. The van der Waals surface area contributed by atoms with Gasteiger partial charge >= 0.3 is 0 Å². The van der Waals surface area contributed by atoms with E-state index in [1.54, 1.807) is 0 Å². The number of nitrogens with one attached hydrogen (secondary N) is 1. The molecule has 0 aliphatic rings. The van der Waals surface area contributed by atoms with Gasteiger partial charge in [-0.1, -0.05) is 33.6 Å². The Hall–Kier alpha value is -0.130. The smallest absolute Gasteiger partial charge is 0.0449 e. The lowest BCUT2D eigenvalue weighted by atomic mass is 10.0. The van der Waals surface area contributed by atoms with Crippen LogP contribution < -0.4 is 11.3 Å². The molecular weight excluding hydrogens is 302 g/mol. The number of nitrogens with two attached hydrogens (primary N) is 1. The van der Waals surface area contributed by atoms with Gasteiger partial charge in [0.2, 0.25) is 0 Å². The fourth-order valence-electron chi connectivity index (χ4n) is 1.61. The van der Waals surface area contributed by atoms with Gasteiger partial charge in [-0.2, -0.15) is 0 Å². The van der Waals surface area contributed by atoms with Gasteiger partial charge in [-0.3, -0.25) is 11.3 Å². The summed E-state index contributed by atoms with van der Waals surface area (Å²) in [6, 6.07) is 6.19. The molecule has 1 rings (SSSR count). The summed E-state index contributed by atoms with van der Waals surface area (Å²) in [7, 11) is 4.11. The second-order valence-corrected chi connectivity index (χ2v) is 5.72. The molecule has 1 unspecified atom stereocenters. The summed E-state index contributed by atoms with van der Waals surface area (Å²) >= 11 is 9.58. The van der Waals surface area contributed by atoms with Crippen LogP contribution in [0.1, 0.15) is 12.0 Å². The Bertz CT molecular complexity index is 358. The molecule has 0 radical (unpaired) electrons. The minimum Gasteiger partial charge on any atom is -0.309 e. The third kappa shape index (κ3) is 5.36. The summed E-state index contributed by atoms with van der Waals surface area (Å²) in [4.78, 5) is 2.15. The van der Waals surface area contributed by atoms with Crippen molar-refractivity contribution in [2.24, 2.45) is 5.84 Å². The number of hydrogen-bond acceptors (Lipinski definition) is 3. The number of benzene rings is 1. The van der Waals surface area contributed by atoms with E-state index < -0.39 is 0 Å². The molecule has 0 bridgehead atoms. The van der Waals surface area contributed by atoms with Crippen molar-refractivity contribution in [1.29, 1.82) is 0 Å². The summed E-state index contributed by atoms with van der Waals surface area (Å²) in [5.41, 5.74) is 3.97. The zero-order chi connectivity index (χ0) is 12.8. The summed E-state index contributed by atoms with van der Waals surface area (Å²) in [6.45, 7) is 1.00. The second kappa shape index (κ2) is 7.34. The third-order valence-corrected chi connectivity index (χ3v) is 3.49. The minimum atomic E-state index is 0.246. The van der Waals surface area contributed by atoms with Gasteiger partial charge < -0.3 is 4.90 Å². The Balaban J connectivity index is 2.60. The van der Waals surface area contributed by atoms with Crippen molar-refractivity contribution < 1.29 is 0 Å². The zero-order valence-corrected chi connectivity index (χ0v) is 12.6. The quantitative estimate of drug-likeness (QED) is 0.625. The van der Waals surface area contributed by atoms with Crippen molar-refractivity contribution in [3.63, 3.8) is 0 Å². The number of hydrazine groups is 1. The Morgan fingerprint density at radius 3 is 2.71 bits per heavy atom. The molecule has 1 atom stereocenters. The maximum absolute atomic E-state index is 6.18. The Kier molecular flexibility index (Phi) is 6.44. The lowest BCUT2D eigenvalue weighted by Crippen LogP contribution is -2.38. The van der Waals surface area contributed by atoms with E-state index in [2.05, 4.69) is 40.4 Å². The number of halogens is 2. The van der Waals surface area contributed by atoms with Crippen molar-refractivity contribution in [3.8, 4) is 0 Å². The van der Waals surface area contributed by atoms with Crippen LogP contribution in [-0.2, 0) is 6.42 Å². The van der Waals surface area contributed by atoms with Gasteiger partial charge in [0, 0.05) is 15.5 Å². The van der Waals surface area contributed by atoms with Gasteiger partial charge in [-0.05, 0) is 51.2 Å². The van der Waals surface area contributed by atoms with E-state index in [-0.39, 0.29) is 6.04 Å². The molecule has 1 aromatic rings. The van der Waals surface area contributed by atoms with Crippen LogP contribution in [0.4, 0.5) is 0 Å². The molecule has 0 aliphatic carbocycles. The SMILES string of the molecule is CN(C)CCC(Cc1ccc(Br)cc1Cl)NN. The van der Waals surface area contributed by atoms with E-state index in [9.17, 15) is 0 Å². The highest BCUT2D eigenvalue weighted by molar-refractivity contribution is 9.10. The highest BCUT2D eigenvalue weighted by Gasteiger charge is 2.10. The maximum atomic E-state index is 6.18. The molecule has 3 nitrogen and oxygen atoms in total. The molecular formula is C12H19BrClN3. The van der Waals surface area contributed by atoms with Crippen LogP contribution in [0.25, 0.3) is 0 Å². The first-order valence-corrected chi connectivity index (χ1v) is 6.75. The standard InChI is InChI=1S/C12H19BrClN3/c1-17(2)6-5-11(16-15)7-9-3-4-10(13)8-12(9)14/h3-4,8,11,16H,5-7,15H2,1-2H3. The summed E-state index contributed by atoms with van der Waals surface area (Å²) in [5.74, 6) is 5.57. The van der Waals surface area contributed by atoms with Gasteiger partial charge in [-0.15, -0.1) is 0 Å². The molecule has 0 heterocycles. The maximum Gasteiger partial charge on any atom is 0.0449 e. The molecule has 0 spiro atoms. The van der Waals surface area contributed by atoms with Crippen molar-refractivity contribution in [3.05, 3.63) is 33.3 Å². The Morgan fingerprint density at radius 2 is 2.18 bits per heavy atom. The van der Waals surface area contributed by atoms with Gasteiger partial charge in [0.25, 0.3) is 0 Å². The summed E-state index contributed by atoms with van der Waals surface area (Å²) < 4.78 is 0.997. The molecule has 0 aromatic heterocycles. The van der Waals surface area contributed by atoms with E-state index in [4.69, 9.17) is 17.4 Å². The van der Waals surface area contributed by atoms with E-state index in [1.807, 2.05) is 18.2 Å². The van der Waals surface area contributed by atoms with Crippen molar-refractivity contribution in [1.82, 2.24) is 10.3 Å². The van der Waals surface area contributed by atoms with Gasteiger partial charge in [0.1, 0.15) is 0 Å². The van der Waals surface area contributed by atoms with Crippen LogP contribution in [0, 0.1) is 0 Å². The second-order valence-electron chi connectivity index (χ2n) is 4.40. The topological polar surface area (TPSA) is 41.3 Å². The van der Waals surface area contributed by atoms with Gasteiger partial charge in [0.05, 0.1) is 0 Å². The largest absolute Gasteiger partial charge is 0.309 e. The first-order chi connectivity index (χ1) is 8.02. The van der Waals surface area contributed by atoms with Crippen LogP contribution in [0.2, 0.25) is 5.02 Å². The number of nitrogens with zero attached hydrogens (tertiary/aromatic N) is 1. The third-order valence-electron chi connectivity index (χ3n) is 2.64. The average molecular weight is 321 g/mol. The van der Waals surface area contributed by atoms with Crippen LogP contribution >= 0.6 is 27.5 Å². The Morgan fingerprint density at radius 1 is 1.47 bits per heavy atom. The Labute approximate surface area is 116 Å². The number of rotatable bonds is 6. The van der Waals surface area contributed by atoms with Crippen molar-refractivity contribution in [2.75, 3.05) is 20.6 Å². The predicted molar refractivity (Wildman–Crippen MR) is 77.1 cm³/mol. The van der Waals surface area contributed by atoms with Crippen LogP contribution in [0.15, 0.2) is 22.7 Å². The number of hydrogen-bond donors (Lipinski definition) is 2. The van der Waals surface area contributed by atoms with Gasteiger partial charge in [0.15, 0.2) is 0 Å². The average Bonchev–Trinajstić information content (AvgIpc) is 2.26. The lowest BCUT2D eigenvalue weighted by Gasteiger charge is -2.19. The first-order valence-electron chi connectivity index (χ1n) is 5.57. The minimum absolute atomic E-state index is 0.246. The zero-order valence-electron chi connectivity index (χ0n) is 10.2. The van der Waals surface area contributed by atoms with E-state index in [0.29, 0.717) is 0 Å². The van der Waals surface area contributed by atoms with Crippen LogP contribution in [0.3, 0.4) is 0 Å². The van der Waals surface area contributed by atoms with Crippen LogP contribution in [-0.4, -0.2) is 31.6 Å². The van der Waals surface area contributed by atoms with E-state index in [1.165, 1.54) is 0 Å². The normalized spacial score (nSPS) is 13.1. The van der Waals surface area contributed by atoms with Crippen molar-refractivity contribution in [2.45, 2.75) is 18.9 Å². The first kappa shape index (κ1) is 14.9. The molecule has 0 saturated heterocycles. The van der Waals surface area contributed by atoms with E-state index >= 15 is 0 Å². The summed E-state index contributed by atoms with van der Waals surface area (Å²) in [5, 5.41) is 0.782. The fourth-order valence-corrected chi connectivity index (χ4v) is 2.36. The van der Waals surface area contributed by atoms with Crippen LogP contribution in [0.5, 0.6) is 0 Å². The van der Waals surface area contributed by atoms with Gasteiger partial charge in [-0.25, -0.2) is 0 Å². The highest BCUT2D eigenvalue weighted by Crippen LogP contribution is 2.22. The molecule has 0 saturated carbocycles.